The van der Waals surface area contributed by atoms with E-state index >= 15 is 4.39 Å². The number of aryl methyl sites for hydroxylation is 1. The summed E-state index contributed by atoms with van der Waals surface area (Å²) in [5.41, 5.74) is 4.07. The van der Waals surface area contributed by atoms with Crippen LogP contribution in [-0.4, -0.2) is 93.7 Å². The largest absolute Gasteiger partial charge is 0.444 e. The van der Waals surface area contributed by atoms with Crippen molar-refractivity contribution >= 4 is 29.5 Å². The second kappa shape index (κ2) is 19.6. The molecule has 2 aliphatic rings. The van der Waals surface area contributed by atoms with E-state index in [0.717, 1.165) is 60.8 Å². The van der Waals surface area contributed by atoms with Gasteiger partial charge in [-0.05, 0) is 157 Å². The highest BCUT2D eigenvalue weighted by Crippen LogP contribution is 2.30. The molecule has 2 aliphatic carbocycles. The standard InChI is InChI=1S/C45H58FN9O5/c1-27-23-32(42(57)48-33-16-19-35(20-17-33)55(5)6)15-21-36(27)30-11-7-28(8-12-30)24-39(43(58)49-34-18-22-37(38(46)25-34)40-51-53-54-52-40)50-41(56)31-13-9-29(10-14-31)26-47-44(59)60-45(2,3)4/h7-8,11-12,15,18,21-23,25,29,31,33,35,39H,9-10,13-14,16-17,19-20,24,26H2,1-6H3,(H,47,59)(H,48,57)(H,49,58)(H,50,56)(H,51,52,53,54)/t29?,31?,33?,35?,39-/m0/s1. The summed E-state index contributed by atoms with van der Waals surface area (Å²) in [7, 11) is 4.21. The highest BCUT2D eigenvalue weighted by molar-refractivity contribution is 5.98. The number of anilines is 1. The third-order valence-corrected chi connectivity index (χ3v) is 11.6. The molecule has 3 aromatic carbocycles. The molecule has 5 N–H and O–H groups in total. The molecule has 2 saturated carbocycles. The first-order valence-electron chi connectivity index (χ1n) is 20.9. The lowest BCUT2D eigenvalue weighted by Crippen LogP contribution is -2.48. The summed E-state index contributed by atoms with van der Waals surface area (Å²) in [5.74, 6) is -1.45. The van der Waals surface area contributed by atoms with Crippen LogP contribution in [0, 0.1) is 24.6 Å². The number of aromatic amines is 1. The van der Waals surface area contributed by atoms with Gasteiger partial charge >= 0.3 is 6.09 Å². The zero-order valence-corrected chi connectivity index (χ0v) is 35.4. The highest BCUT2D eigenvalue weighted by atomic mass is 19.1. The fraction of sp³-hybridized carbons (Fsp3) is 0.489. The van der Waals surface area contributed by atoms with Gasteiger partial charge in [-0.25, -0.2) is 9.18 Å². The molecular weight excluding hydrogens is 766 g/mol. The number of nitrogens with zero attached hydrogens (tertiary/aromatic N) is 4. The lowest BCUT2D eigenvalue weighted by molar-refractivity contribution is -0.130. The summed E-state index contributed by atoms with van der Waals surface area (Å²) in [6, 6.07) is 17.5. The van der Waals surface area contributed by atoms with Gasteiger partial charge in [0.25, 0.3) is 5.91 Å². The smallest absolute Gasteiger partial charge is 0.407 e. The molecule has 14 nitrogen and oxygen atoms in total. The van der Waals surface area contributed by atoms with E-state index in [4.69, 9.17) is 4.74 Å². The Morgan fingerprint density at radius 1 is 0.900 bits per heavy atom. The van der Waals surface area contributed by atoms with E-state index in [-0.39, 0.29) is 53.2 Å². The Morgan fingerprint density at radius 3 is 2.22 bits per heavy atom. The fourth-order valence-corrected chi connectivity index (χ4v) is 8.14. The van der Waals surface area contributed by atoms with E-state index in [9.17, 15) is 19.2 Å². The van der Waals surface area contributed by atoms with Gasteiger partial charge < -0.3 is 30.9 Å². The number of H-pyrrole nitrogens is 1. The minimum atomic E-state index is -0.965. The summed E-state index contributed by atoms with van der Waals surface area (Å²) in [5, 5.41) is 25.3. The monoisotopic (exact) mass is 823 g/mol. The quantitative estimate of drug-likeness (QED) is 0.0995. The van der Waals surface area contributed by atoms with Gasteiger partial charge in [-0.3, -0.25) is 14.4 Å². The van der Waals surface area contributed by atoms with Crippen molar-refractivity contribution in [3.05, 3.63) is 83.2 Å². The summed E-state index contributed by atoms with van der Waals surface area (Å²) in [4.78, 5) is 55.2. The van der Waals surface area contributed by atoms with E-state index in [2.05, 4.69) is 60.9 Å². The zero-order chi connectivity index (χ0) is 43.0. The predicted molar refractivity (Wildman–Crippen MR) is 227 cm³/mol. The van der Waals surface area contributed by atoms with Crippen molar-refractivity contribution < 1.29 is 28.3 Å². The van der Waals surface area contributed by atoms with Crippen LogP contribution in [0.1, 0.15) is 93.6 Å². The first-order chi connectivity index (χ1) is 28.6. The number of hydrogen-bond donors (Lipinski definition) is 5. The number of rotatable bonds is 13. The van der Waals surface area contributed by atoms with Crippen molar-refractivity contribution in [1.29, 1.82) is 0 Å². The lowest BCUT2D eigenvalue weighted by Gasteiger charge is -2.33. The molecule has 4 aromatic rings. The van der Waals surface area contributed by atoms with Crippen LogP contribution >= 0.6 is 0 Å². The Morgan fingerprint density at radius 2 is 1.60 bits per heavy atom. The second-order valence-corrected chi connectivity index (χ2v) is 17.5. The maximum atomic E-state index is 15.1. The van der Waals surface area contributed by atoms with Gasteiger partial charge in [0.05, 0.1) is 5.56 Å². The maximum Gasteiger partial charge on any atom is 0.407 e. The molecule has 0 radical (unpaired) electrons. The molecule has 1 heterocycles. The normalized spacial score (nSPS) is 19.9. The van der Waals surface area contributed by atoms with Crippen LogP contribution in [0.2, 0.25) is 0 Å². The van der Waals surface area contributed by atoms with Gasteiger partial charge in [0.15, 0.2) is 0 Å². The molecular formula is C45H58FN9O5. The van der Waals surface area contributed by atoms with Crippen LogP contribution in [0.25, 0.3) is 22.5 Å². The molecule has 0 spiro atoms. The number of tetrazole rings is 1. The summed E-state index contributed by atoms with van der Waals surface area (Å²) in [6.45, 7) is 7.89. The minimum Gasteiger partial charge on any atom is -0.444 e. The van der Waals surface area contributed by atoms with Crippen LogP contribution in [0.5, 0.6) is 0 Å². The van der Waals surface area contributed by atoms with Crippen LogP contribution < -0.4 is 21.3 Å². The van der Waals surface area contributed by atoms with Gasteiger partial charge in [0.1, 0.15) is 17.5 Å². The van der Waals surface area contributed by atoms with Crippen molar-refractivity contribution in [1.82, 2.24) is 41.5 Å². The molecule has 0 saturated heterocycles. The third kappa shape index (κ3) is 12.0. The van der Waals surface area contributed by atoms with Crippen molar-refractivity contribution in [3.8, 4) is 22.5 Å². The number of nitrogens with one attached hydrogen (secondary N) is 5. The van der Waals surface area contributed by atoms with Gasteiger partial charge in [-0.15, -0.1) is 10.2 Å². The Bertz CT molecular complexity index is 2100. The molecule has 6 rings (SSSR count). The SMILES string of the molecule is Cc1cc(C(=O)NC2CCC(N(C)C)CC2)ccc1-c1ccc(C[C@H](NC(=O)C2CCC(CNC(=O)OC(C)(C)C)CC2)C(=O)Nc2ccc(-c3nn[nH]n3)c(F)c2)cc1. The van der Waals surface area contributed by atoms with Gasteiger partial charge in [-0.1, -0.05) is 30.3 Å². The molecule has 0 unspecified atom stereocenters. The zero-order valence-electron chi connectivity index (χ0n) is 35.4. The van der Waals surface area contributed by atoms with Crippen molar-refractivity contribution in [2.75, 3.05) is 26.0 Å². The molecule has 60 heavy (non-hydrogen) atoms. The van der Waals surface area contributed by atoms with Crippen LogP contribution in [-0.2, 0) is 20.7 Å². The van der Waals surface area contributed by atoms with Crippen molar-refractivity contribution in [2.45, 2.75) is 109 Å². The molecule has 0 bridgehead atoms. The van der Waals surface area contributed by atoms with E-state index in [1.165, 1.54) is 12.1 Å². The number of hydrogen-bond acceptors (Lipinski definition) is 9. The number of aromatic nitrogens is 4. The maximum absolute atomic E-state index is 15.1. The molecule has 1 atom stereocenters. The second-order valence-electron chi connectivity index (χ2n) is 17.5. The molecule has 0 aliphatic heterocycles. The summed E-state index contributed by atoms with van der Waals surface area (Å²) in [6.07, 6.45) is 6.49. The number of alkyl carbamates (subject to hydrolysis) is 1. The number of ether oxygens (including phenoxy) is 1. The molecule has 4 amide bonds. The molecule has 2 fully saturated rings. The van der Waals surface area contributed by atoms with E-state index in [0.29, 0.717) is 31.0 Å². The predicted octanol–water partition coefficient (Wildman–Crippen LogP) is 6.58. The molecule has 320 valence electrons. The Kier molecular flexibility index (Phi) is 14.3. The highest BCUT2D eigenvalue weighted by Gasteiger charge is 2.31. The third-order valence-electron chi connectivity index (χ3n) is 11.6. The first-order valence-corrected chi connectivity index (χ1v) is 20.9. The Hall–Kier alpha value is -5.70. The topological polar surface area (TPSA) is 183 Å². The van der Waals surface area contributed by atoms with Gasteiger partial charge in [-0.2, -0.15) is 5.21 Å². The Balaban J connectivity index is 1.10. The summed E-state index contributed by atoms with van der Waals surface area (Å²) < 4.78 is 20.4. The first kappa shape index (κ1) is 43.9. The number of carbonyl (C=O) groups excluding carboxylic acids is 4. The van der Waals surface area contributed by atoms with Gasteiger partial charge in [0.2, 0.25) is 17.6 Å². The van der Waals surface area contributed by atoms with Crippen LogP contribution in [0.3, 0.4) is 0 Å². The van der Waals surface area contributed by atoms with E-state index < -0.39 is 29.5 Å². The van der Waals surface area contributed by atoms with E-state index in [1.807, 2.05) is 70.2 Å². The fourth-order valence-electron chi connectivity index (χ4n) is 8.14. The van der Waals surface area contributed by atoms with Gasteiger partial charge in [0, 0.05) is 42.2 Å². The van der Waals surface area contributed by atoms with Crippen LogP contribution in [0.15, 0.2) is 60.7 Å². The number of carbonyl (C=O) groups is 4. The van der Waals surface area contributed by atoms with E-state index in [1.54, 1.807) is 6.07 Å². The van der Waals surface area contributed by atoms with Crippen LogP contribution in [0.4, 0.5) is 14.9 Å². The molecule has 15 heteroatoms. The average molecular weight is 824 g/mol. The lowest BCUT2D eigenvalue weighted by atomic mass is 9.81. The Labute approximate surface area is 351 Å². The number of halogens is 1. The number of benzene rings is 3. The number of amides is 4. The summed E-state index contributed by atoms with van der Waals surface area (Å²) >= 11 is 0. The van der Waals surface area contributed by atoms with Crippen molar-refractivity contribution in [2.24, 2.45) is 11.8 Å². The molecule has 1 aromatic heterocycles. The minimum absolute atomic E-state index is 0.0615. The average Bonchev–Trinajstić information content (AvgIpc) is 3.75. The van der Waals surface area contributed by atoms with Crippen molar-refractivity contribution in [3.63, 3.8) is 0 Å².